The van der Waals surface area contributed by atoms with Gasteiger partial charge in [0.05, 0.1) is 21.6 Å². The molecule has 2 aliphatic rings. The Morgan fingerprint density at radius 3 is 2.71 bits per heavy atom. The number of halogens is 2. The van der Waals surface area contributed by atoms with Gasteiger partial charge in [-0.25, -0.2) is 8.60 Å². The molecular weight excluding hydrogens is 473 g/mol. The number of rotatable bonds is 5. The normalized spacial score (nSPS) is 18.6. The van der Waals surface area contributed by atoms with E-state index in [2.05, 4.69) is 32.7 Å². The second-order valence-corrected chi connectivity index (χ2v) is 9.86. The average molecular weight is 498 g/mol. The maximum atomic E-state index is 13.3. The van der Waals surface area contributed by atoms with E-state index < -0.39 is 16.8 Å². The molecule has 0 bridgehead atoms. The summed E-state index contributed by atoms with van der Waals surface area (Å²) in [7, 11) is -1.59. The number of benzene rings is 3. The number of nitrogens with zero attached hydrogens (tertiary/aromatic N) is 2. The molecule has 8 heteroatoms. The predicted octanol–water partition coefficient (Wildman–Crippen LogP) is 5.56. The standard InChI is InChI=1S/C26H25ClFN3O2S/c1-2-23(30-13-14-31-21(16-30)17-33-25-6-4-3-5-24(25)31)18-7-10-20(11-8-18)29-34(32)26-12-9-19(28)15-22(26)27/h2-12,15,21,29H,13-14,16-17H2,1H3. The highest BCUT2D eigenvalue weighted by Gasteiger charge is 2.33. The number of hydrogen-bond donors (Lipinski definition) is 1. The van der Waals surface area contributed by atoms with Crippen LogP contribution in [0.5, 0.6) is 5.75 Å². The first-order valence-corrected chi connectivity index (χ1v) is 12.7. The van der Waals surface area contributed by atoms with Crippen LogP contribution in [0.2, 0.25) is 5.02 Å². The van der Waals surface area contributed by atoms with Crippen LogP contribution in [0.25, 0.3) is 5.70 Å². The van der Waals surface area contributed by atoms with Crippen LogP contribution in [0.3, 0.4) is 0 Å². The van der Waals surface area contributed by atoms with E-state index in [1.165, 1.54) is 17.8 Å². The topological polar surface area (TPSA) is 44.8 Å². The maximum Gasteiger partial charge on any atom is 0.151 e. The summed E-state index contributed by atoms with van der Waals surface area (Å²) < 4.78 is 34.9. The van der Waals surface area contributed by atoms with Crippen molar-refractivity contribution in [1.29, 1.82) is 0 Å². The van der Waals surface area contributed by atoms with Crippen molar-refractivity contribution in [2.24, 2.45) is 0 Å². The summed E-state index contributed by atoms with van der Waals surface area (Å²) in [5.41, 5.74) is 4.11. The van der Waals surface area contributed by atoms with Crippen LogP contribution in [0, 0.1) is 5.82 Å². The number of nitrogens with one attached hydrogen (secondary N) is 1. The Bertz CT molecular complexity index is 1250. The van der Waals surface area contributed by atoms with Gasteiger partial charge < -0.3 is 19.3 Å². The maximum absolute atomic E-state index is 13.3. The first kappa shape index (κ1) is 22.7. The number of hydrogen-bond acceptors (Lipinski definition) is 4. The molecule has 2 heterocycles. The van der Waals surface area contributed by atoms with E-state index >= 15 is 0 Å². The Morgan fingerprint density at radius 2 is 1.94 bits per heavy atom. The van der Waals surface area contributed by atoms with E-state index in [4.69, 9.17) is 16.3 Å². The number of ether oxygens (including phenoxy) is 1. The van der Waals surface area contributed by atoms with Crippen LogP contribution in [0.1, 0.15) is 12.5 Å². The molecule has 176 valence electrons. The molecular formula is C26H25ClFN3O2S. The summed E-state index contributed by atoms with van der Waals surface area (Å²) in [5, 5.41) is 0.132. The molecule has 2 atom stereocenters. The number of allylic oxidation sites excluding steroid dienone is 1. The third kappa shape index (κ3) is 4.50. The minimum atomic E-state index is -1.59. The summed E-state index contributed by atoms with van der Waals surface area (Å²) >= 11 is 6.04. The molecule has 1 N–H and O–H groups in total. The van der Waals surface area contributed by atoms with Crippen molar-refractivity contribution in [3.05, 3.63) is 89.2 Å². The number of fused-ring (bicyclic) bond motifs is 3. The summed E-state index contributed by atoms with van der Waals surface area (Å²) in [6.45, 7) is 5.44. The Balaban J connectivity index is 1.27. The minimum Gasteiger partial charge on any atom is -0.489 e. The van der Waals surface area contributed by atoms with Crippen molar-refractivity contribution in [3.8, 4) is 5.75 Å². The van der Waals surface area contributed by atoms with Crippen LogP contribution in [-0.2, 0) is 11.0 Å². The second kappa shape index (κ2) is 9.68. The van der Waals surface area contributed by atoms with Gasteiger partial charge in [0.25, 0.3) is 0 Å². The van der Waals surface area contributed by atoms with Gasteiger partial charge in [-0.2, -0.15) is 0 Å². The molecule has 0 aromatic heterocycles. The molecule has 5 nitrogen and oxygen atoms in total. The molecule has 1 saturated heterocycles. The van der Waals surface area contributed by atoms with Gasteiger partial charge in [0.15, 0.2) is 11.0 Å². The Labute approximate surface area is 206 Å². The number of para-hydroxylation sites is 2. The molecule has 0 saturated carbocycles. The van der Waals surface area contributed by atoms with Crippen LogP contribution in [0.4, 0.5) is 15.8 Å². The monoisotopic (exact) mass is 497 g/mol. The zero-order valence-corrected chi connectivity index (χ0v) is 20.3. The minimum absolute atomic E-state index is 0.132. The predicted molar refractivity (Wildman–Crippen MR) is 136 cm³/mol. The second-order valence-electron chi connectivity index (χ2n) is 8.27. The van der Waals surface area contributed by atoms with Crippen molar-refractivity contribution in [3.63, 3.8) is 0 Å². The lowest BCUT2D eigenvalue weighted by molar-refractivity contribution is 0.206. The van der Waals surface area contributed by atoms with E-state index in [0.717, 1.165) is 42.7 Å². The zero-order chi connectivity index (χ0) is 23.7. The molecule has 0 aliphatic carbocycles. The van der Waals surface area contributed by atoms with Gasteiger partial charge in [-0.05, 0) is 55.0 Å². The molecule has 3 aromatic rings. The van der Waals surface area contributed by atoms with Crippen LogP contribution < -0.4 is 14.4 Å². The van der Waals surface area contributed by atoms with Crippen molar-refractivity contribution >= 4 is 39.7 Å². The number of piperazine rings is 1. The van der Waals surface area contributed by atoms with E-state index in [9.17, 15) is 8.60 Å². The molecule has 1 fully saturated rings. The Kier molecular flexibility index (Phi) is 6.48. The van der Waals surface area contributed by atoms with E-state index in [-0.39, 0.29) is 5.02 Å². The molecule has 5 rings (SSSR count). The summed E-state index contributed by atoms with van der Waals surface area (Å²) in [6.07, 6.45) is 2.13. The Hall–Kier alpha value is -3.03. The molecule has 34 heavy (non-hydrogen) atoms. The summed E-state index contributed by atoms with van der Waals surface area (Å²) in [5.74, 6) is 0.500. The highest BCUT2D eigenvalue weighted by molar-refractivity contribution is 7.86. The van der Waals surface area contributed by atoms with E-state index in [0.29, 0.717) is 23.2 Å². The zero-order valence-electron chi connectivity index (χ0n) is 18.7. The van der Waals surface area contributed by atoms with E-state index in [1.54, 1.807) is 0 Å². The molecule has 0 radical (unpaired) electrons. The molecule has 2 unspecified atom stereocenters. The lowest BCUT2D eigenvalue weighted by Gasteiger charge is -2.47. The van der Waals surface area contributed by atoms with Crippen molar-refractivity contribution in [1.82, 2.24) is 4.90 Å². The first-order chi connectivity index (χ1) is 16.5. The lowest BCUT2D eigenvalue weighted by atomic mass is 10.0. The fourth-order valence-electron chi connectivity index (χ4n) is 4.56. The van der Waals surface area contributed by atoms with Gasteiger partial charge in [0.2, 0.25) is 0 Å². The van der Waals surface area contributed by atoms with Crippen LogP contribution >= 0.6 is 11.6 Å². The fourth-order valence-corrected chi connectivity index (χ4v) is 5.83. The third-order valence-corrected chi connectivity index (χ3v) is 7.79. The molecule has 3 aromatic carbocycles. The van der Waals surface area contributed by atoms with Crippen molar-refractivity contribution < 1.29 is 13.3 Å². The largest absolute Gasteiger partial charge is 0.489 e. The van der Waals surface area contributed by atoms with E-state index in [1.807, 2.05) is 43.3 Å². The molecule has 0 amide bonds. The smallest absolute Gasteiger partial charge is 0.151 e. The van der Waals surface area contributed by atoms with Gasteiger partial charge in [-0.3, -0.25) is 0 Å². The van der Waals surface area contributed by atoms with Crippen molar-refractivity contribution in [2.75, 3.05) is 35.9 Å². The fraction of sp³-hybridized carbons (Fsp3) is 0.231. The van der Waals surface area contributed by atoms with Gasteiger partial charge in [0, 0.05) is 31.0 Å². The average Bonchev–Trinajstić information content (AvgIpc) is 2.85. The van der Waals surface area contributed by atoms with Gasteiger partial charge in [0.1, 0.15) is 18.2 Å². The number of anilines is 2. The highest BCUT2D eigenvalue weighted by Crippen LogP contribution is 2.36. The van der Waals surface area contributed by atoms with Crippen molar-refractivity contribution in [2.45, 2.75) is 17.9 Å². The van der Waals surface area contributed by atoms with Crippen LogP contribution in [0.15, 0.2) is 77.7 Å². The quantitative estimate of drug-likeness (QED) is 0.501. The summed E-state index contributed by atoms with van der Waals surface area (Å²) in [6, 6.07) is 20.2. The Morgan fingerprint density at radius 1 is 1.15 bits per heavy atom. The third-order valence-electron chi connectivity index (χ3n) is 6.19. The highest BCUT2D eigenvalue weighted by atomic mass is 35.5. The SMILES string of the molecule is CC=C(c1ccc(NS(=O)c2ccc(F)cc2Cl)cc1)N1CCN2c3ccccc3OCC2C1. The summed E-state index contributed by atoms with van der Waals surface area (Å²) in [4.78, 5) is 5.19. The first-order valence-electron chi connectivity index (χ1n) is 11.2. The van der Waals surface area contributed by atoms with Gasteiger partial charge >= 0.3 is 0 Å². The van der Waals surface area contributed by atoms with Gasteiger partial charge in [-0.1, -0.05) is 41.9 Å². The molecule has 2 aliphatic heterocycles. The lowest BCUT2D eigenvalue weighted by Crippen LogP contribution is -2.56. The van der Waals surface area contributed by atoms with Crippen LogP contribution in [-0.4, -0.2) is 41.4 Å². The van der Waals surface area contributed by atoms with Gasteiger partial charge in [-0.15, -0.1) is 0 Å². The molecule has 0 spiro atoms.